The van der Waals surface area contributed by atoms with E-state index in [2.05, 4.69) is 61.7 Å². The van der Waals surface area contributed by atoms with Crippen molar-refractivity contribution in [1.82, 2.24) is 9.97 Å². The summed E-state index contributed by atoms with van der Waals surface area (Å²) in [4.78, 5) is 21.1. The first-order valence-corrected chi connectivity index (χ1v) is 8.38. The van der Waals surface area contributed by atoms with Crippen LogP contribution in [-0.2, 0) is 13.1 Å². The van der Waals surface area contributed by atoms with Gasteiger partial charge in [0.05, 0.1) is 6.33 Å². The van der Waals surface area contributed by atoms with Crippen LogP contribution in [0.1, 0.15) is 11.1 Å². The summed E-state index contributed by atoms with van der Waals surface area (Å²) < 4.78 is 0.608. The van der Waals surface area contributed by atoms with Gasteiger partial charge in [-0.1, -0.05) is 60.7 Å². The summed E-state index contributed by atoms with van der Waals surface area (Å²) in [7, 11) is 0. The zero-order valence-corrected chi connectivity index (χ0v) is 14.6. The summed E-state index contributed by atoms with van der Waals surface area (Å²) in [5.74, 6) is 0.710. The van der Waals surface area contributed by atoms with Gasteiger partial charge in [0.15, 0.2) is 0 Å². The number of aromatic amines is 1. The van der Waals surface area contributed by atoms with Crippen molar-refractivity contribution < 1.29 is 0 Å². The number of rotatable bonds is 5. The molecule has 5 heteroatoms. The van der Waals surface area contributed by atoms with Crippen LogP contribution in [0.25, 0.3) is 0 Å². The predicted octanol–water partition coefficient (Wildman–Crippen LogP) is 3.58. The molecule has 0 amide bonds. The molecule has 0 spiro atoms. The van der Waals surface area contributed by atoms with Crippen LogP contribution in [0.2, 0.25) is 0 Å². The fraction of sp³-hybridized carbons (Fsp3) is 0.111. The van der Waals surface area contributed by atoms with Crippen LogP contribution < -0.4 is 10.5 Å². The molecule has 0 aliphatic heterocycles. The summed E-state index contributed by atoms with van der Waals surface area (Å²) in [5, 5.41) is 0. The van der Waals surface area contributed by atoms with Gasteiger partial charge in [-0.2, -0.15) is 0 Å². The molecular formula is C18H16IN3O. The Kier molecular flexibility index (Phi) is 5.07. The number of nitrogens with one attached hydrogen (secondary N) is 1. The lowest BCUT2D eigenvalue weighted by molar-refractivity contribution is 0.774. The Morgan fingerprint density at radius 1 is 0.913 bits per heavy atom. The van der Waals surface area contributed by atoms with Crippen molar-refractivity contribution in [2.24, 2.45) is 0 Å². The van der Waals surface area contributed by atoms with Crippen molar-refractivity contribution in [3.63, 3.8) is 0 Å². The monoisotopic (exact) mass is 417 g/mol. The zero-order chi connectivity index (χ0) is 16.1. The van der Waals surface area contributed by atoms with Gasteiger partial charge < -0.3 is 9.88 Å². The Labute approximate surface area is 148 Å². The highest BCUT2D eigenvalue weighted by Gasteiger charge is 2.15. The number of hydrogen-bond donors (Lipinski definition) is 1. The van der Waals surface area contributed by atoms with Gasteiger partial charge in [-0.25, -0.2) is 4.98 Å². The van der Waals surface area contributed by atoms with Gasteiger partial charge in [-0.05, 0) is 33.7 Å². The third-order valence-electron chi connectivity index (χ3n) is 3.51. The number of nitrogens with zero attached hydrogens (tertiary/aromatic N) is 2. The van der Waals surface area contributed by atoms with Crippen LogP contribution in [0.5, 0.6) is 0 Å². The van der Waals surface area contributed by atoms with Gasteiger partial charge in [0.25, 0.3) is 5.56 Å². The lowest BCUT2D eigenvalue weighted by Gasteiger charge is -2.24. The second-order valence-corrected chi connectivity index (χ2v) is 6.28. The average Bonchev–Trinajstić information content (AvgIpc) is 2.59. The molecule has 0 radical (unpaired) electrons. The van der Waals surface area contributed by atoms with E-state index in [4.69, 9.17) is 0 Å². The molecule has 4 nitrogen and oxygen atoms in total. The lowest BCUT2D eigenvalue weighted by atomic mass is 10.1. The van der Waals surface area contributed by atoms with E-state index in [1.165, 1.54) is 17.5 Å². The zero-order valence-electron chi connectivity index (χ0n) is 12.4. The number of hydrogen-bond acceptors (Lipinski definition) is 3. The molecule has 0 unspecified atom stereocenters. The Hall–Kier alpha value is -2.15. The number of halogens is 1. The largest absolute Gasteiger partial charge is 0.347 e. The number of anilines is 1. The number of benzene rings is 2. The van der Waals surface area contributed by atoms with Gasteiger partial charge in [-0.3, -0.25) is 4.79 Å². The molecule has 1 heterocycles. The molecule has 23 heavy (non-hydrogen) atoms. The molecule has 1 N–H and O–H groups in total. The van der Waals surface area contributed by atoms with Crippen molar-refractivity contribution in [2.45, 2.75) is 13.1 Å². The molecular weight excluding hydrogens is 401 g/mol. The maximum atomic E-state index is 11.9. The molecule has 1 aromatic heterocycles. The minimum Gasteiger partial charge on any atom is -0.347 e. The molecule has 0 fully saturated rings. The summed E-state index contributed by atoms with van der Waals surface area (Å²) in [6, 6.07) is 20.4. The molecule has 0 saturated heterocycles. The second kappa shape index (κ2) is 7.41. The van der Waals surface area contributed by atoms with Crippen molar-refractivity contribution in [3.05, 3.63) is 92.0 Å². The highest BCUT2D eigenvalue weighted by molar-refractivity contribution is 14.1. The molecule has 3 aromatic rings. The van der Waals surface area contributed by atoms with Crippen molar-refractivity contribution in [3.8, 4) is 0 Å². The van der Waals surface area contributed by atoms with Crippen LogP contribution in [0.4, 0.5) is 5.82 Å². The topological polar surface area (TPSA) is 49.0 Å². The van der Waals surface area contributed by atoms with E-state index >= 15 is 0 Å². The normalized spacial score (nSPS) is 10.5. The van der Waals surface area contributed by atoms with Crippen molar-refractivity contribution in [2.75, 3.05) is 4.90 Å². The van der Waals surface area contributed by atoms with Crippen LogP contribution in [-0.4, -0.2) is 9.97 Å². The third kappa shape index (κ3) is 3.98. The van der Waals surface area contributed by atoms with Crippen LogP contribution >= 0.6 is 22.6 Å². The van der Waals surface area contributed by atoms with E-state index in [0.29, 0.717) is 22.5 Å². The van der Waals surface area contributed by atoms with E-state index in [1.807, 2.05) is 36.4 Å². The van der Waals surface area contributed by atoms with Gasteiger partial charge in [0, 0.05) is 13.1 Å². The molecule has 0 aliphatic rings. The van der Waals surface area contributed by atoms with Crippen molar-refractivity contribution >= 4 is 28.4 Å². The van der Waals surface area contributed by atoms with Crippen molar-refractivity contribution in [1.29, 1.82) is 0 Å². The van der Waals surface area contributed by atoms with Gasteiger partial charge in [-0.15, -0.1) is 0 Å². The average molecular weight is 417 g/mol. The van der Waals surface area contributed by atoms with Gasteiger partial charge in [0.2, 0.25) is 0 Å². The van der Waals surface area contributed by atoms with E-state index in [1.54, 1.807) is 0 Å². The molecule has 0 saturated carbocycles. The number of aromatic nitrogens is 2. The van der Waals surface area contributed by atoms with Gasteiger partial charge in [0.1, 0.15) is 9.39 Å². The summed E-state index contributed by atoms with van der Waals surface area (Å²) >= 11 is 2.06. The van der Waals surface area contributed by atoms with E-state index in [-0.39, 0.29) is 5.56 Å². The summed E-state index contributed by atoms with van der Waals surface area (Å²) in [6.07, 6.45) is 1.46. The highest BCUT2D eigenvalue weighted by atomic mass is 127. The molecule has 0 aliphatic carbocycles. The molecule has 0 atom stereocenters. The number of H-pyrrole nitrogens is 1. The molecule has 116 valence electrons. The summed E-state index contributed by atoms with van der Waals surface area (Å²) in [5.41, 5.74) is 2.25. The Balaban J connectivity index is 1.95. The molecule has 0 bridgehead atoms. The smallest absolute Gasteiger partial charge is 0.266 e. The second-order valence-electron chi connectivity index (χ2n) is 5.20. The summed E-state index contributed by atoms with van der Waals surface area (Å²) in [6.45, 7) is 1.39. The first kappa shape index (κ1) is 15.7. The molecule has 3 rings (SSSR count). The fourth-order valence-corrected chi connectivity index (χ4v) is 3.04. The Morgan fingerprint density at radius 3 is 1.96 bits per heavy atom. The molecule has 2 aromatic carbocycles. The Morgan fingerprint density at radius 2 is 1.43 bits per heavy atom. The third-order valence-corrected chi connectivity index (χ3v) is 4.48. The van der Waals surface area contributed by atoms with Gasteiger partial charge >= 0.3 is 0 Å². The maximum absolute atomic E-state index is 11.9. The lowest BCUT2D eigenvalue weighted by Crippen LogP contribution is -2.27. The Bertz CT molecular complexity index is 777. The fourth-order valence-electron chi connectivity index (χ4n) is 2.41. The van der Waals surface area contributed by atoms with E-state index < -0.39 is 0 Å². The highest BCUT2D eigenvalue weighted by Crippen LogP contribution is 2.21. The van der Waals surface area contributed by atoms with Crippen LogP contribution in [0.3, 0.4) is 0 Å². The first-order chi connectivity index (χ1) is 11.2. The maximum Gasteiger partial charge on any atom is 0.266 e. The van der Waals surface area contributed by atoms with E-state index in [9.17, 15) is 4.79 Å². The standard InChI is InChI=1S/C18H16IN3O/c19-16-17(20-13-21-18(16)23)22(11-14-7-3-1-4-8-14)12-15-9-5-2-6-10-15/h1-10,13H,11-12H2,(H,20,21,23). The minimum absolute atomic E-state index is 0.110. The van der Waals surface area contributed by atoms with E-state index in [0.717, 1.165) is 0 Å². The minimum atomic E-state index is -0.110. The first-order valence-electron chi connectivity index (χ1n) is 7.30. The van der Waals surface area contributed by atoms with Crippen LogP contribution in [0.15, 0.2) is 71.8 Å². The SMILES string of the molecule is O=c1[nH]cnc(N(Cc2ccccc2)Cc2ccccc2)c1I. The predicted molar refractivity (Wildman–Crippen MR) is 100 cm³/mol. The van der Waals surface area contributed by atoms with Crippen LogP contribution in [0, 0.1) is 3.57 Å². The quantitative estimate of drug-likeness (QED) is 0.646.